The molecule has 2 aromatic carbocycles. The van der Waals surface area contributed by atoms with Crippen molar-refractivity contribution in [1.29, 1.82) is 0 Å². The van der Waals surface area contributed by atoms with Gasteiger partial charge < -0.3 is 5.32 Å². The Balaban J connectivity index is 1.71. The number of thioether (sulfide) groups is 1. The number of benzene rings is 2. The minimum atomic E-state index is -0.536. The molecule has 1 aliphatic heterocycles. The third-order valence-electron chi connectivity index (χ3n) is 3.80. The maximum atomic E-state index is 13.3. The van der Waals surface area contributed by atoms with Crippen molar-refractivity contribution in [3.63, 3.8) is 0 Å². The van der Waals surface area contributed by atoms with Crippen LogP contribution in [0.1, 0.15) is 13.3 Å². The largest absolute Gasteiger partial charge is 0.326 e. The summed E-state index contributed by atoms with van der Waals surface area (Å²) >= 11 is 1.23. The minimum Gasteiger partial charge on any atom is -0.326 e. The molecule has 0 aromatic heterocycles. The van der Waals surface area contributed by atoms with Gasteiger partial charge in [-0.05, 0) is 37.3 Å². The van der Waals surface area contributed by atoms with Gasteiger partial charge >= 0.3 is 0 Å². The Bertz CT molecular complexity index is 842. The Morgan fingerprint density at radius 1 is 1.23 bits per heavy atom. The lowest BCUT2D eigenvalue weighted by molar-refractivity contribution is -0.128. The summed E-state index contributed by atoms with van der Waals surface area (Å²) in [5.41, 5.74) is 1.13. The predicted octanol–water partition coefficient (Wildman–Crippen LogP) is 3.81. The van der Waals surface area contributed by atoms with Gasteiger partial charge in [0.05, 0.1) is 5.69 Å². The molecule has 0 aliphatic carbocycles. The first-order valence-corrected chi connectivity index (χ1v) is 9.12. The van der Waals surface area contributed by atoms with E-state index in [1.54, 1.807) is 24.3 Å². The SMILES string of the molecule is CCN1C(=O)[C@@H](CC(=O)Nc2ccccc2)SC1=Nc1cccc(F)c1. The maximum Gasteiger partial charge on any atom is 0.242 e. The number of hydrogen-bond donors (Lipinski definition) is 1. The lowest BCUT2D eigenvalue weighted by Gasteiger charge is -2.13. The molecule has 1 saturated heterocycles. The van der Waals surface area contributed by atoms with Crippen molar-refractivity contribution in [3.05, 3.63) is 60.4 Å². The van der Waals surface area contributed by atoms with Crippen LogP contribution in [0.3, 0.4) is 0 Å². The number of rotatable bonds is 5. The fourth-order valence-corrected chi connectivity index (χ4v) is 3.80. The molecule has 0 spiro atoms. The lowest BCUT2D eigenvalue weighted by Crippen LogP contribution is -2.33. The van der Waals surface area contributed by atoms with E-state index in [4.69, 9.17) is 0 Å². The number of halogens is 1. The fraction of sp³-hybridized carbons (Fsp3) is 0.211. The van der Waals surface area contributed by atoms with Crippen molar-refractivity contribution in [2.24, 2.45) is 4.99 Å². The summed E-state index contributed by atoms with van der Waals surface area (Å²) in [6.45, 7) is 2.28. The average molecular weight is 371 g/mol. The van der Waals surface area contributed by atoms with Crippen LogP contribution in [0.15, 0.2) is 59.6 Å². The van der Waals surface area contributed by atoms with Gasteiger partial charge in [-0.15, -0.1) is 0 Å². The van der Waals surface area contributed by atoms with Crippen LogP contribution in [0.5, 0.6) is 0 Å². The summed E-state index contributed by atoms with van der Waals surface area (Å²) in [5.74, 6) is -0.774. The fourth-order valence-electron chi connectivity index (χ4n) is 2.57. The number of nitrogens with zero attached hydrogens (tertiary/aromatic N) is 2. The van der Waals surface area contributed by atoms with Gasteiger partial charge in [0.2, 0.25) is 11.8 Å². The minimum absolute atomic E-state index is 0.0526. The van der Waals surface area contributed by atoms with E-state index in [1.165, 1.54) is 28.8 Å². The molecule has 0 radical (unpaired) electrons. The molecule has 3 rings (SSSR count). The molecule has 0 unspecified atom stereocenters. The monoisotopic (exact) mass is 371 g/mol. The highest BCUT2D eigenvalue weighted by molar-refractivity contribution is 8.15. The summed E-state index contributed by atoms with van der Waals surface area (Å²) in [5, 5.41) is 2.73. The van der Waals surface area contributed by atoms with E-state index in [9.17, 15) is 14.0 Å². The van der Waals surface area contributed by atoms with Gasteiger partial charge in [-0.25, -0.2) is 9.38 Å². The Morgan fingerprint density at radius 3 is 2.69 bits per heavy atom. The van der Waals surface area contributed by atoms with Gasteiger partial charge in [0.25, 0.3) is 0 Å². The van der Waals surface area contributed by atoms with Crippen LogP contribution in [-0.4, -0.2) is 33.7 Å². The van der Waals surface area contributed by atoms with Crippen molar-refractivity contribution in [2.45, 2.75) is 18.6 Å². The molecule has 1 atom stereocenters. The number of hydrogen-bond acceptors (Lipinski definition) is 4. The van der Waals surface area contributed by atoms with E-state index >= 15 is 0 Å². The smallest absolute Gasteiger partial charge is 0.242 e. The summed E-state index contributed by atoms with van der Waals surface area (Å²) in [7, 11) is 0. The first-order valence-electron chi connectivity index (χ1n) is 8.24. The second-order valence-corrected chi connectivity index (χ2v) is 6.85. The van der Waals surface area contributed by atoms with Crippen molar-refractivity contribution < 1.29 is 14.0 Å². The molecule has 1 aliphatic rings. The standard InChI is InChI=1S/C19H18FN3O2S/c1-2-23-18(25)16(12-17(24)21-14-8-4-3-5-9-14)26-19(23)22-15-10-6-7-13(20)11-15/h3-11,16H,2,12H2,1H3,(H,21,24)/t16-/m1/s1. The summed E-state index contributed by atoms with van der Waals surface area (Å²) in [6.07, 6.45) is 0.0526. The predicted molar refractivity (Wildman–Crippen MR) is 102 cm³/mol. The van der Waals surface area contributed by atoms with E-state index < -0.39 is 5.25 Å². The zero-order chi connectivity index (χ0) is 18.5. The van der Waals surface area contributed by atoms with Gasteiger partial charge in [0.15, 0.2) is 5.17 Å². The Kier molecular flexibility index (Phi) is 5.68. The average Bonchev–Trinajstić information content (AvgIpc) is 2.90. The van der Waals surface area contributed by atoms with Gasteiger partial charge in [-0.1, -0.05) is 36.0 Å². The van der Waals surface area contributed by atoms with E-state index in [-0.39, 0.29) is 24.1 Å². The summed E-state index contributed by atoms with van der Waals surface area (Å²) in [6, 6.07) is 15.0. The van der Waals surface area contributed by atoms with Crippen molar-refractivity contribution in [3.8, 4) is 0 Å². The second-order valence-electron chi connectivity index (χ2n) is 5.68. The molecular weight excluding hydrogens is 353 g/mol. The maximum absolute atomic E-state index is 13.3. The summed E-state index contributed by atoms with van der Waals surface area (Å²) < 4.78 is 13.3. The number of carbonyl (C=O) groups excluding carboxylic acids is 2. The Hall–Kier alpha value is -2.67. The van der Waals surface area contributed by atoms with Crippen LogP contribution in [0.2, 0.25) is 0 Å². The Morgan fingerprint density at radius 2 is 2.00 bits per heavy atom. The molecule has 134 valence electrons. The number of anilines is 1. The van der Waals surface area contributed by atoms with E-state index in [1.807, 2.05) is 25.1 Å². The molecule has 5 nitrogen and oxygen atoms in total. The quantitative estimate of drug-likeness (QED) is 0.869. The number of amides is 2. The van der Waals surface area contributed by atoms with E-state index in [2.05, 4.69) is 10.3 Å². The first-order chi connectivity index (χ1) is 12.6. The lowest BCUT2D eigenvalue weighted by atomic mass is 10.2. The first kappa shape index (κ1) is 18.1. The van der Waals surface area contributed by atoms with Gasteiger partial charge in [-0.2, -0.15) is 0 Å². The third-order valence-corrected chi connectivity index (χ3v) is 4.97. The third kappa shape index (κ3) is 4.29. The number of amidine groups is 1. The van der Waals surface area contributed by atoms with Gasteiger partial charge in [-0.3, -0.25) is 14.5 Å². The van der Waals surface area contributed by atoms with Crippen LogP contribution in [0.4, 0.5) is 15.8 Å². The number of carbonyl (C=O) groups is 2. The normalized spacial score (nSPS) is 18.4. The van der Waals surface area contributed by atoms with Gasteiger partial charge in [0.1, 0.15) is 11.1 Å². The molecule has 7 heteroatoms. The highest BCUT2D eigenvalue weighted by atomic mass is 32.2. The number of nitrogens with one attached hydrogen (secondary N) is 1. The van der Waals surface area contributed by atoms with Crippen LogP contribution in [0, 0.1) is 5.82 Å². The van der Waals surface area contributed by atoms with Gasteiger partial charge in [0, 0.05) is 18.7 Å². The van der Waals surface area contributed by atoms with Crippen LogP contribution in [-0.2, 0) is 9.59 Å². The molecular formula is C19H18FN3O2S. The second kappa shape index (κ2) is 8.14. The van der Waals surface area contributed by atoms with Crippen LogP contribution < -0.4 is 5.32 Å². The van der Waals surface area contributed by atoms with E-state index in [0.717, 1.165) is 0 Å². The molecule has 1 heterocycles. The molecule has 0 bridgehead atoms. The van der Waals surface area contributed by atoms with Crippen LogP contribution >= 0.6 is 11.8 Å². The zero-order valence-corrected chi connectivity index (χ0v) is 15.0. The molecule has 2 aromatic rings. The molecule has 0 saturated carbocycles. The summed E-state index contributed by atoms with van der Waals surface area (Å²) in [4.78, 5) is 30.7. The topological polar surface area (TPSA) is 61.8 Å². The highest BCUT2D eigenvalue weighted by Gasteiger charge is 2.38. The molecule has 26 heavy (non-hydrogen) atoms. The van der Waals surface area contributed by atoms with Crippen molar-refractivity contribution in [2.75, 3.05) is 11.9 Å². The number of aliphatic imine (C=N–C) groups is 1. The molecule has 2 amide bonds. The highest BCUT2D eigenvalue weighted by Crippen LogP contribution is 2.31. The van der Waals surface area contributed by atoms with E-state index in [0.29, 0.717) is 23.1 Å². The molecule has 1 fully saturated rings. The van der Waals surface area contributed by atoms with Crippen molar-refractivity contribution >= 4 is 40.1 Å². The van der Waals surface area contributed by atoms with Crippen LogP contribution in [0.25, 0.3) is 0 Å². The Labute approximate surface area is 155 Å². The number of para-hydroxylation sites is 1. The zero-order valence-electron chi connectivity index (χ0n) is 14.2. The molecule has 1 N–H and O–H groups in total. The van der Waals surface area contributed by atoms with Crippen molar-refractivity contribution in [1.82, 2.24) is 4.90 Å².